The zero-order valence-electron chi connectivity index (χ0n) is 23.6. The fourth-order valence-electron chi connectivity index (χ4n) is 4.01. The zero-order valence-corrected chi connectivity index (χ0v) is 25.4. The van der Waals surface area contributed by atoms with Gasteiger partial charge in [-0.1, -0.05) is 32.6 Å². The summed E-state index contributed by atoms with van der Waals surface area (Å²) in [6, 6.07) is 16.8. The summed E-state index contributed by atoms with van der Waals surface area (Å²) in [5, 5.41) is 2.85. The summed E-state index contributed by atoms with van der Waals surface area (Å²) < 4.78 is 38.7. The first kappa shape index (κ1) is 29.4. The van der Waals surface area contributed by atoms with E-state index in [1.165, 1.54) is 19.1 Å². The Labute approximate surface area is 236 Å². The van der Waals surface area contributed by atoms with Gasteiger partial charge in [0.05, 0.1) is 21.7 Å². The molecule has 4 rings (SSSR count). The number of ether oxygens (including phenoxy) is 2. The van der Waals surface area contributed by atoms with Gasteiger partial charge in [0, 0.05) is 46.0 Å². The van der Waals surface area contributed by atoms with Crippen molar-refractivity contribution in [3.8, 4) is 23.0 Å². The summed E-state index contributed by atoms with van der Waals surface area (Å²) >= 11 is 0. The summed E-state index contributed by atoms with van der Waals surface area (Å²) in [6.07, 6.45) is 1.73. The van der Waals surface area contributed by atoms with Crippen LogP contribution in [0.3, 0.4) is 0 Å². The topological polar surface area (TPSA) is 112 Å². The van der Waals surface area contributed by atoms with Crippen LogP contribution < -0.4 is 10.1 Å². The molecule has 0 fully saturated rings. The number of hydrogen-bond acceptors (Lipinski definition) is 7. The summed E-state index contributed by atoms with van der Waals surface area (Å²) in [7, 11) is -4.58. The number of carbonyl (C=O) groups excluding carboxylic acids is 1. The van der Waals surface area contributed by atoms with Crippen molar-refractivity contribution in [2.75, 3.05) is 12.4 Å². The van der Waals surface area contributed by atoms with Crippen molar-refractivity contribution in [3.63, 3.8) is 0 Å². The number of fused-ring (bicyclic) bond motifs is 1. The summed E-state index contributed by atoms with van der Waals surface area (Å²) in [5.41, 5.74) is 2.96. The maximum Gasteiger partial charge on any atom is 0.217 e. The molecule has 0 unspecified atom stereocenters. The molecule has 0 saturated carbocycles. The zero-order chi connectivity index (χ0) is 28.9. The number of nitrogens with one attached hydrogen (secondary N) is 1. The molecule has 0 aliphatic heterocycles. The van der Waals surface area contributed by atoms with Crippen molar-refractivity contribution in [2.24, 2.45) is 0 Å². The minimum atomic E-state index is -3.32. The van der Waals surface area contributed by atoms with E-state index < -0.39 is 17.9 Å². The predicted octanol–water partition coefficient (Wildman–Crippen LogP) is 5.63. The van der Waals surface area contributed by atoms with Crippen LogP contribution in [0, 0.1) is 0 Å². The molecule has 9 nitrogen and oxygen atoms in total. The number of sulfone groups is 1. The van der Waals surface area contributed by atoms with Gasteiger partial charge in [0.25, 0.3) is 0 Å². The molecule has 2 aromatic carbocycles. The molecule has 1 N–H and O–H groups in total. The largest absolute Gasteiger partial charge is 0.457 e. The average molecular weight is 581 g/mol. The molecule has 212 valence electrons. The Morgan fingerprint density at radius 1 is 1.07 bits per heavy atom. The quantitative estimate of drug-likeness (QED) is 0.171. The third-order valence-corrected chi connectivity index (χ3v) is 9.81. The minimum absolute atomic E-state index is 0.0217. The Kier molecular flexibility index (Phi) is 9.07. The van der Waals surface area contributed by atoms with Crippen LogP contribution >= 0.6 is 0 Å². The average Bonchev–Trinajstić information content (AvgIpc) is 3.27. The molecule has 0 spiro atoms. The number of hydrogen-bond donors (Lipinski definition) is 1. The van der Waals surface area contributed by atoms with Gasteiger partial charge in [0.1, 0.15) is 23.9 Å². The van der Waals surface area contributed by atoms with Gasteiger partial charge in [-0.2, -0.15) is 0 Å². The van der Waals surface area contributed by atoms with Gasteiger partial charge in [-0.3, -0.25) is 14.3 Å². The highest BCUT2D eigenvalue weighted by Gasteiger charge is 2.19. The fraction of sp³-hybridized carbons (Fsp3) is 0.345. The predicted molar refractivity (Wildman–Crippen MR) is 159 cm³/mol. The second-order valence-electron chi connectivity index (χ2n) is 10.8. The third kappa shape index (κ3) is 7.35. The highest BCUT2D eigenvalue weighted by molar-refractivity contribution is 7.91. The molecule has 0 aliphatic carbocycles. The summed E-state index contributed by atoms with van der Waals surface area (Å²) in [4.78, 5) is 21.4. The van der Waals surface area contributed by atoms with E-state index in [1.807, 2.05) is 34.9 Å². The molecule has 11 heteroatoms. The molecule has 0 bridgehead atoms. The second kappa shape index (κ2) is 12.3. The first-order chi connectivity index (χ1) is 19.0. The fourth-order valence-corrected chi connectivity index (χ4v) is 5.65. The first-order valence-electron chi connectivity index (χ1n) is 13.2. The number of benzene rings is 2. The van der Waals surface area contributed by atoms with Gasteiger partial charge in [-0.15, -0.1) is 0 Å². The van der Waals surface area contributed by atoms with Crippen molar-refractivity contribution in [2.45, 2.75) is 57.7 Å². The molecular weight excluding hydrogens is 544 g/mol. The van der Waals surface area contributed by atoms with Crippen LogP contribution in [0.25, 0.3) is 22.6 Å². The van der Waals surface area contributed by atoms with Crippen molar-refractivity contribution in [3.05, 3.63) is 66.4 Å². The molecular formula is C29H36N4O5SSi. The van der Waals surface area contributed by atoms with E-state index in [0.717, 1.165) is 17.1 Å². The van der Waals surface area contributed by atoms with Crippen LogP contribution in [-0.2, 0) is 32.6 Å². The summed E-state index contributed by atoms with van der Waals surface area (Å²) in [6.45, 7) is 11.2. The number of carbonyl (C=O) groups is 1. The lowest BCUT2D eigenvalue weighted by atomic mass is 10.1. The van der Waals surface area contributed by atoms with Gasteiger partial charge in [0.15, 0.2) is 15.7 Å². The molecule has 4 aromatic rings. The van der Waals surface area contributed by atoms with E-state index in [-0.39, 0.29) is 23.1 Å². The molecule has 1 amide bonds. The highest BCUT2D eigenvalue weighted by atomic mass is 32.2. The molecule has 2 heterocycles. The van der Waals surface area contributed by atoms with Crippen LogP contribution in [-0.4, -0.2) is 49.3 Å². The van der Waals surface area contributed by atoms with Crippen LogP contribution in [0.1, 0.15) is 19.4 Å². The Bertz CT molecular complexity index is 1580. The van der Waals surface area contributed by atoms with E-state index in [1.54, 1.807) is 25.3 Å². The third-order valence-electron chi connectivity index (χ3n) is 6.36. The number of imidazole rings is 1. The number of aromatic nitrogens is 3. The van der Waals surface area contributed by atoms with Crippen LogP contribution in [0.5, 0.6) is 11.5 Å². The van der Waals surface area contributed by atoms with Gasteiger partial charge >= 0.3 is 0 Å². The van der Waals surface area contributed by atoms with Gasteiger partial charge in [-0.05, 0) is 48.5 Å². The number of pyridine rings is 1. The van der Waals surface area contributed by atoms with Crippen molar-refractivity contribution >= 4 is 34.9 Å². The van der Waals surface area contributed by atoms with Gasteiger partial charge in [-0.25, -0.2) is 13.4 Å². The van der Waals surface area contributed by atoms with E-state index in [0.29, 0.717) is 41.9 Å². The monoisotopic (exact) mass is 580 g/mol. The van der Waals surface area contributed by atoms with Crippen LogP contribution in [0.2, 0.25) is 25.7 Å². The van der Waals surface area contributed by atoms with Crippen LogP contribution in [0.4, 0.5) is 0 Å². The lowest BCUT2D eigenvalue weighted by Crippen LogP contribution is -2.22. The molecule has 0 atom stereocenters. The smallest absolute Gasteiger partial charge is 0.217 e. The second-order valence-corrected chi connectivity index (χ2v) is 18.7. The van der Waals surface area contributed by atoms with Crippen molar-refractivity contribution in [1.29, 1.82) is 0 Å². The molecule has 0 saturated heterocycles. The molecule has 0 aliphatic rings. The summed E-state index contributed by atoms with van der Waals surface area (Å²) in [5.74, 6) is 1.49. The molecule has 2 aromatic heterocycles. The van der Waals surface area contributed by atoms with Gasteiger partial charge in [0.2, 0.25) is 5.91 Å². The van der Waals surface area contributed by atoms with Gasteiger partial charge < -0.3 is 14.8 Å². The maximum atomic E-state index is 12.2. The Balaban J connectivity index is 1.75. The lowest BCUT2D eigenvalue weighted by molar-refractivity contribution is -0.119. The van der Waals surface area contributed by atoms with Crippen molar-refractivity contribution in [1.82, 2.24) is 19.9 Å². The van der Waals surface area contributed by atoms with E-state index >= 15 is 0 Å². The Hall–Kier alpha value is -3.54. The maximum absolute atomic E-state index is 12.2. The molecule has 0 radical (unpaired) electrons. The SMILES string of the molecule is CCS(=O)(=O)c1ccc(Oc2cc3nc(-c4ccccn4)n(COCC[Si](C)(C)C)c3cc2CNC(C)=O)cc1. The van der Waals surface area contributed by atoms with E-state index in [9.17, 15) is 13.2 Å². The van der Waals surface area contributed by atoms with Crippen LogP contribution in [0.15, 0.2) is 65.7 Å². The Morgan fingerprint density at radius 2 is 1.82 bits per heavy atom. The van der Waals surface area contributed by atoms with Crippen molar-refractivity contribution < 1.29 is 22.7 Å². The highest BCUT2D eigenvalue weighted by Crippen LogP contribution is 2.33. The molecule has 40 heavy (non-hydrogen) atoms. The number of nitrogens with zero attached hydrogens (tertiary/aromatic N) is 3. The first-order valence-corrected chi connectivity index (χ1v) is 18.6. The van der Waals surface area contributed by atoms with E-state index in [2.05, 4.69) is 29.9 Å². The number of amides is 1. The standard InChI is InChI=1S/C29H36N4O5SSi/c1-6-39(35,36)24-12-10-23(11-13-24)38-28-18-26-27(17-22(28)19-31-21(2)34)33(20-37-15-16-40(3,4)5)29(32-26)25-9-7-8-14-30-25/h7-14,17-18H,6,15-16,19-20H2,1-5H3,(H,31,34). The Morgan fingerprint density at radius 3 is 2.45 bits per heavy atom. The van der Waals surface area contributed by atoms with E-state index in [4.69, 9.17) is 14.5 Å². The lowest BCUT2D eigenvalue weighted by Gasteiger charge is -2.17. The minimum Gasteiger partial charge on any atom is -0.457 e. The normalized spacial score (nSPS) is 12.0. The number of rotatable bonds is 12.